The molecule has 1 aromatic heterocycles. The standard InChI is InChI=1S/C8H10N2O2/c1-12-8-7-4-2-3-6(7)5-10(11)9-8/h5H,2-4H2,1H3. The summed E-state index contributed by atoms with van der Waals surface area (Å²) in [6.45, 7) is 0. The number of aryl methyl sites for hydroxylation is 1. The first kappa shape index (κ1) is 7.34. The zero-order chi connectivity index (χ0) is 8.55. The van der Waals surface area contributed by atoms with E-state index in [0.717, 1.165) is 30.4 Å². The molecule has 0 saturated heterocycles. The number of hydrogen-bond donors (Lipinski definition) is 0. The fourth-order valence-corrected chi connectivity index (χ4v) is 1.63. The number of hydrogen-bond acceptors (Lipinski definition) is 3. The summed E-state index contributed by atoms with van der Waals surface area (Å²) in [5, 5.41) is 14.6. The van der Waals surface area contributed by atoms with Crippen LogP contribution >= 0.6 is 0 Å². The quantitative estimate of drug-likeness (QED) is 0.442. The summed E-state index contributed by atoms with van der Waals surface area (Å²) >= 11 is 0. The molecule has 1 aliphatic rings. The normalized spacial score (nSPS) is 14.4. The first-order valence-corrected chi connectivity index (χ1v) is 3.97. The van der Waals surface area contributed by atoms with Crippen LogP contribution in [0.25, 0.3) is 0 Å². The lowest BCUT2D eigenvalue weighted by Gasteiger charge is -2.03. The molecule has 0 unspecified atom stereocenters. The Morgan fingerprint density at radius 2 is 2.42 bits per heavy atom. The second-order valence-electron chi connectivity index (χ2n) is 2.90. The largest absolute Gasteiger partial charge is 0.594 e. The molecule has 0 spiro atoms. The Kier molecular flexibility index (Phi) is 1.60. The van der Waals surface area contributed by atoms with Gasteiger partial charge in [0, 0.05) is 11.1 Å². The van der Waals surface area contributed by atoms with Crippen LogP contribution in [-0.2, 0) is 12.8 Å². The minimum Gasteiger partial charge on any atom is -0.594 e. The molecular formula is C8H10N2O2. The minimum absolute atomic E-state index is 0.486. The van der Waals surface area contributed by atoms with Crippen LogP contribution in [0.2, 0.25) is 0 Å². The summed E-state index contributed by atoms with van der Waals surface area (Å²) in [5.74, 6) is 0.486. The molecule has 0 amide bonds. The third-order valence-electron chi connectivity index (χ3n) is 2.17. The van der Waals surface area contributed by atoms with Gasteiger partial charge < -0.3 is 9.94 Å². The predicted octanol–water partition coefficient (Wildman–Crippen LogP) is 0.212. The summed E-state index contributed by atoms with van der Waals surface area (Å²) < 4.78 is 5.01. The lowest BCUT2D eigenvalue weighted by molar-refractivity contribution is -0.670. The SMILES string of the molecule is COc1n[n+]([O-])cc2c1CCC2. The Labute approximate surface area is 70.4 Å². The van der Waals surface area contributed by atoms with Crippen molar-refractivity contribution >= 4 is 0 Å². The fourth-order valence-electron chi connectivity index (χ4n) is 1.63. The molecule has 12 heavy (non-hydrogen) atoms. The molecule has 0 aromatic carbocycles. The van der Waals surface area contributed by atoms with Crippen LogP contribution in [0.4, 0.5) is 0 Å². The van der Waals surface area contributed by atoms with E-state index in [1.807, 2.05) is 0 Å². The van der Waals surface area contributed by atoms with E-state index in [2.05, 4.69) is 5.10 Å². The molecule has 0 bridgehead atoms. The van der Waals surface area contributed by atoms with Crippen LogP contribution in [0.3, 0.4) is 0 Å². The average Bonchev–Trinajstić information content (AvgIpc) is 2.50. The molecule has 0 atom stereocenters. The lowest BCUT2D eigenvalue weighted by Crippen LogP contribution is -2.31. The molecule has 1 aliphatic carbocycles. The highest BCUT2D eigenvalue weighted by Gasteiger charge is 2.20. The van der Waals surface area contributed by atoms with Crippen LogP contribution in [0.1, 0.15) is 17.5 Å². The molecule has 0 fully saturated rings. The van der Waals surface area contributed by atoms with Crippen LogP contribution in [-0.4, -0.2) is 12.2 Å². The van der Waals surface area contributed by atoms with Gasteiger partial charge in [0.25, 0.3) is 5.88 Å². The summed E-state index contributed by atoms with van der Waals surface area (Å²) in [6.07, 6.45) is 4.57. The van der Waals surface area contributed by atoms with Crippen LogP contribution < -0.4 is 9.58 Å². The Hall–Kier alpha value is -1.32. The Morgan fingerprint density at radius 3 is 3.17 bits per heavy atom. The number of aromatic nitrogens is 2. The van der Waals surface area contributed by atoms with E-state index in [-0.39, 0.29) is 0 Å². The van der Waals surface area contributed by atoms with Gasteiger partial charge in [0.05, 0.1) is 12.2 Å². The molecule has 0 aliphatic heterocycles. The monoisotopic (exact) mass is 166 g/mol. The van der Waals surface area contributed by atoms with Gasteiger partial charge in [-0.25, -0.2) is 0 Å². The summed E-state index contributed by atoms with van der Waals surface area (Å²) in [7, 11) is 1.54. The van der Waals surface area contributed by atoms with Gasteiger partial charge in [0.1, 0.15) is 0 Å². The Balaban J connectivity index is 2.55. The molecule has 4 heteroatoms. The zero-order valence-electron chi connectivity index (χ0n) is 6.91. The van der Waals surface area contributed by atoms with Gasteiger partial charge in [-0.15, -0.1) is 0 Å². The van der Waals surface area contributed by atoms with Crippen molar-refractivity contribution in [2.75, 3.05) is 7.11 Å². The highest BCUT2D eigenvalue weighted by atomic mass is 16.5. The van der Waals surface area contributed by atoms with Gasteiger partial charge in [-0.1, -0.05) is 4.85 Å². The van der Waals surface area contributed by atoms with Crippen molar-refractivity contribution in [3.05, 3.63) is 22.5 Å². The number of fused-ring (bicyclic) bond motifs is 1. The zero-order valence-corrected chi connectivity index (χ0v) is 6.91. The number of methoxy groups -OCH3 is 1. The number of nitrogens with zero attached hydrogens (tertiary/aromatic N) is 2. The van der Waals surface area contributed by atoms with Crippen molar-refractivity contribution in [3.63, 3.8) is 0 Å². The van der Waals surface area contributed by atoms with Crippen molar-refractivity contribution in [2.24, 2.45) is 0 Å². The second-order valence-corrected chi connectivity index (χ2v) is 2.90. The first-order chi connectivity index (χ1) is 5.81. The lowest BCUT2D eigenvalue weighted by atomic mass is 10.2. The fraction of sp³-hybridized carbons (Fsp3) is 0.500. The van der Waals surface area contributed by atoms with Crippen molar-refractivity contribution in [1.29, 1.82) is 0 Å². The third kappa shape index (κ3) is 0.995. The molecule has 0 N–H and O–H groups in total. The predicted molar refractivity (Wildman–Crippen MR) is 41.8 cm³/mol. The highest BCUT2D eigenvalue weighted by Crippen LogP contribution is 2.26. The topological polar surface area (TPSA) is 49.1 Å². The van der Waals surface area contributed by atoms with Crippen molar-refractivity contribution in [1.82, 2.24) is 5.10 Å². The van der Waals surface area contributed by atoms with Gasteiger partial charge in [0.2, 0.25) is 6.20 Å². The summed E-state index contributed by atoms with van der Waals surface area (Å²) in [4.78, 5) is 0.572. The average molecular weight is 166 g/mol. The van der Waals surface area contributed by atoms with Crippen molar-refractivity contribution in [2.45, 2.75) is 19.3 Å². The van der Waals surface area contributed by atoms with Crippen molar-refractivity contribution < 1.29 is 9.58 Å². The van der Waals surface area contributed by atoms with Crippen molar-refractivity contribution in [3.8, 4) is 5.88 Å². The van der Waals surface area contributed by atoms with Gasteiger partial charge in [-0.05, 0) is 19.3 Å². The molecule has 64 valence electrons. The highest BCUT2D eigenvalue weighted by molar-refractivity contribution is 5.34. The molecule has 0 radical (unpaired) electrons. The smallest absolute Gasteiger partial charge is 0.283 e. The van der Waals surface area contributed by atoms with E-state index in [1.165, 1.54) is 6.20 Å². The Bertz CT molecular complexity index is 312. The van der Waals surface area contributed by atoms with E-state index in [4.69, 9.17) is 4.74 Å². The molecule has 1 heterocycles. The van der Waals surface area contributed by atoms with E-state index < -0.39 is 0 Å². The van der Waals surface area contributed by atoms with Gasteiger partial charge in [-0.3, -0.25) is 0 Å². The van der Waals surface area contributed by atoms with E-state index in [9.17, 15) is 5.21 Å². The Morgan fingerprint density at radius 1 is 1.58 bits per heavy atom. The molecular weight excluding hydrogens is 156 g/mol. The van der Waals surface area contributed by atoms with E-state index in [0.29, 0.717) is 10.7 Å². The maximum Gasteiger partial charge on any atom is 0.283 e. The molecule has 0 saturated carbocycles. The van der Waals surface area contributed by atoms with E-state index >= 15 is 0 Å². The van der Waals surface area contributed by atoms with Crippen LogP contribution in [0.5, 0.6) is 5.88 Å². The third-order valence-corrected chi connectivity index (χ3v) is 2.17. The van der Waals surface area contributed by atoms with Gasteiger partial charge >= 0.3 is 0 Å². The summed E-state index contributed by atoms with van der Waals surface area (Å²) in [5.41, 5.74) is 2.18. The maximum absolute atomic E-state index is 10.9. The summed E-state index contributed by atoms with van der Waals surface area (Å²) in [6, 6.07) is 0. The number of ether oxygens (including phenoxy) is 1. The first-order valence-electron chi connectivity index (χ1n) is 3.97. The second kappa shape index (κ2) is 2.62. The van der Waals surface area contributed by atoms with Crippen LogP contribution in [0.15, 0.2) is 6.20 Å². The van der Waals surface area contributed by atoms with E-state index in [1.54, 1.807) is 7.11 Å². The maximum atomic E-state index is 10.9. The number of rotatable bonds is 1. The van der Waals surface area contributed by atoms with Gasteiger partial charge in [0.15, 0.2) is 0 Å². The molecule has 4 nitrogen and oxygen atoms in total. The van der Waals surface area contributed by atoms with Gasteiger partial charge in [-0.2, -0.15) is 0 Å². The van der Waals surface area contributed by atoms with Crippen LogP contribution in [0, 0.1) is 5.21 Å². The molecule has 1 aromatic rings. The molecule has 2 rings (SSSR count). The minimum atomic E-state index is 0.486.